The van der Waals surface area contributed by atoms with Gasteiger partial charge < -0.3 is 24.0 Å². The van der Waals surface area contributed by atoms with Gasteiger partial charge in [-0.2, -0.15) is 0 Å². The molecule has 0 radical (unpaired) electrons. The first-order valence-electron chi connectivity index (χ1n) is 8.61. The number of benzene rings is 1. The summed E-state index contributed by atoms with van der Waals surface area (Å²) in [4.78, 5) is 27.9. The Balaban J connectivity index is 1.75. The summed E-state index contributed by atoms with van der Waals surface area (Å²) in [6, 6.07) is 7.84. The molecule has 2 rings (SSSR count). The molecular weight excluding hydrogens is 336 g/mol. The zero-order chi connectivity index (χ0) is 18.9. The Kier molecular flexibility index (Phi) is 7.47. The van der Waals surface area contributed by atoms with Gasteiger partial charge in [-0.25, -0.2) is 4.79 Å². The SMILES string of the molecule is C=CCOC(C)C(=O)OCC(=O)N1CCN(c2ccc(OC)cc2)CC1. The molecule has 0 bridgehead atoms. The number of amides is 1. The van der Waals surface area contributed by atoms with Crippen LogP contribution in [-0.2, 0) is 19.1 Å². The quantitative estimate of drug-likeness (QED) is 0.515. The Morgan fingerprint density at radius 1 is 1.19 bits per heavy atom. The van der Waals surface area contributed by atoms with E-state index < -0.39 is 12.1 Å². The summed E-state index contributed by atoms with van der Waals surface area (Å²) < 4.78 is 15.4. The van der Waals surface area contributed by atoms with Crippen LogP contribution in [0.5, 0.6) is 5.75 Å². The number of nitrogens with zero attached hydrogens (tertiary/aromatic N) is 2. The summed E-state index contributed by atoms with van der Waals surface area (Å²) in [6.45, 7) is 7.73. The summed E-state index contributed by atoms with van der Waals surface area (Å²) in [6.07, 6.45) is 0.838. The highest BCUT2D eigenvalue weighted by Crippen LogP contribution is 2.20. The highest BCUT2D eigenvalue weighted by atomic mass is 16.6. The first kappa shape index (κ1) is 19.8. The van der Waals surface area contributed by atoms with Gasteiger partial charge in [0.2, 0.25) is 0 Å². The van der Waals surface area contributed by atoms with E-state index in [1.807, 2.05) is 24.3 Å². The van der Waals surface area contributed by atoms with Crippen LogP contribution in [0, 0.1) is 0 Å². The summed E-state index contributed by atoms with van der Waals surface area (Å²) in [5.74, 6) is 0.0800. The molecule has 0 saturated carbocycles. The molecule has 0 N–H and O–H groups in total. The molecule has 1 atom stereocenters. The predicted octanol–water partition coefficient (Wildman–Crippen LogP) is 1.48. The molecule has 1 amide bonds. The average Bonchev–Trinajstić information content (AvgIpc) is 2.70. The van der Waals surface area contributed by atoms with E-state index in [9.17, 15) is 9.59 Å². The van der Waals surface area contributed by atoms with Crippen molar-refractivity contribution >= 4 is 17.6 Å². The molecule has 142 valence electrons. The van der Waals surface area contributed by atoms with E-state index in [-0.39, 0.29) is 19.1 Å². The van der Waals surface area contributed by atoms with Crippen LogP contribution < -0.4 is 9.64 Å². The van der Waals surface area contributed by atoms with Crippen molar-refractivity contribution in [2.24, 2.45) is 0 Å². The van der Waals surface area contributed by atoms with Gasteiger partial charge in [0.05, 0.1) is 13.7 Å². The third-order valence-electron chi connectivity index (χ3n) is 4.20. The minimum atomic E-state index is -0.715. The van der Waals surface area contributed by atoms with Crippen LogP contribution in [-0.4, -0.2) is 69.4 Å². The van der Waals surface area contributed by atoms with Crippen LogP contribution in [0.15, 0.2) is 36.9 Å². The number of rotatable bonds is 8. The molecule has 0 aliphatic carbocycles. The Morgan fingerprint density at radius 3 is 2.42 bits per heavy atom. The molecule has 1 aliphatic rings. The Bertz CT molecular complexity index is 609. The Labute approximate surface area is 154 Å². The Morgan fingerprint density at radius 2 is 1.85 bits per heavy atom. The highest BCUT2D eigenvalue weighted by Gasteiger charge is 2.23. The Hall–Kier alpha value is -2.54. The molecule has 0 aromatic heterocycles. The lowest BCUT2D eigenvalue weighted by Crippen LogP contribution is -2.50. The van der Waals surface area contributed by atoms with Gasteiger partial charge in [-0.05, 0) is 31.2 Å². The van der Waals surface area contributed by atoms with E-state index in [0.717, 1.165) is 24.5 Å². The summed E-state index contributed by atoms with van der Waals surface area (Å²) >= 11 is 0. The van der Waals surface area contributed by atoms with Crippen LogP contribution in [0.4, 0.5) is 5.69 Å². The number of piperazine rings is 1. The van der Waals surface area contributed by atoms with Gasteiger partial charge in [0.15, 0.2) is 12.7 Å². The molecule has 1 saturated heterocycles. The van der Waals surface area contributed by atoms with Crippen molar-refractivity contribution < 1.29 is 23.8 Å². The number of hydrogen-bond donors (Lipinski definition) is 0. The van der Waals surface area contributed by atoms with Crippen molar-refractivity contribution in [3.63, 3.8) is 0 Å². The number of hydrogen-bond acceptors (Lipinski definition) is 6. The van der Waals surface area contributed by atoms with E-state index in [2.05, 4.69) is 11.5 Å². The van der Waals surface area contributed by atoms with E-state index >= 15 is 0 Å². The largest absolute Gasteiger partial charge is 0.497 e. The van der Waals surface area contributed by atoms with Crippen LogP contribution in [0.3, 0.4) is 0 Å². The fourth-order valence-electron chi connectivity index (χ4n) is 2.63. The maximum atomic E-state index is 12.2. The van der Waals surface area contributed by atoms with Gasteiger partial charge >= 0.3 is 5.97 Å². The minimum absolute atomic E-state index is 0.191. The molecule has 1 aromatic carbocycles. The van der Waals surface area contributed by atoms with Gasteiger partial charge in [0, 0.05) is 31.9 Å². The van der Waals surface area contributed by atoms with Crippen molar-refractivity contribution in [1.82, 2.24) is 4.90 Å². The number of carbonyl (C=O) groups excluding carboxylic acids is 2. The topological polar surface area (TPSA) is 68.3 Å². The van der Waals surface area contributed by atoms with Crippen LogP contribution >= 0.6 is 0 Å². The average molecular weight is 362 g/mol. The lowest BCUT2D eigenvalue weighted by Gasteiger charge is -2.36. The van der Waals surface area contributed by atoms with Crippen LogP contribution in [0.25, 0.3) is 0 Å². The highest BCUT2D eigenvalue weighted by molar-refractivity contribution is 5.82. The van der Waals surface area contributed by atoms with E-state index in [1.165, 1.54) is 0 Å². The number of carbonyl (C=O) groups is 2. The second kappa shape index (κ2) is 9.82. The molecule has 7 nitrogen and oxygen atoms in total. The molecule has 1 unspecified atom stereocenters. The van der Waals surface area contributed by atoms with Gasteiger partial charge in [-0.1, -0.05) is 6.08 Å². The van der Waals surface area contributed by atoms with Crippen LogP contribution in [0.2, 0.25) is 0 Å². The monoisotopic (exact) mass is 362 g/mol. The normalized spacial score (nSPS) is 15.3. The van der Waals surface area contributed by atoms with Gasteiger partial charge in [-0.3, -0.25) is 4.79 Å². The fourth-order valence-corrected chi connectivity index (χ4v) is 2.63. The third kappa shape index (κ3) is 5.49. The van der Waals surface area contributed by atoms with Gasteiger partial charge in [0.1, 0.15) is 5.75 Å². The maximum absolute atomic E-state index is 12.2. The summed E-state index contributed by atoms with van der Waals surface area (Å²) in [7, 11) is 1.64. The van der Waals surface area contributed by atoms with Crippen molar-refractivity contribution in [2.75, 3.05) is 51.4 Å². The first-order chi connectivity index (χ1) is 12.5. The minimum Gasteiger partial charge on any atom is -0.497 e. The standard InChI is InChI=1S/C19H26N2O5/c1-4-13-25-15(2)19(23)26-14-18(22)21-11-9-20(10-12-21)16-5-7-17(24-3)8-6-16/h4-8,15H,1,9-14H2,2-3H3. The van der Waals surface area contributed by atoms with Crippen molar-refractivity contribution in [2.45, 2.75) is 13.0 Å². The molecule has 0 spiro atoms. The van der Waals surface area contributed by atoms with E-state index in [0.29, 0.717) is 13.1 Å². The first-order valence-corrected chi connectivity index (χ1v) is 8.61. The lowest BCUT2D eigenvalue weighted by molar-refractivity contribution is -0.160. The van der Waals surface area contributed by atoms with Gasteiger partial charge in [0.25, 0.3) is 5.91 Å². The van der Waals surface area contributed by atoms with Crippen molar-refractivity contribution in [3.05, 3.63) is 36.9 Å². The summed E-state index contributed by atoms with van der Waals surface area (Å²) in [5.41, 5.74) is 1.09. The van der Waals surface area contributed by atoms with E-state index in [1.54, 1.807) is 25.0 Å². The molecule has 7 heteroatoms. The smallest absolute Gasteiger partial charge is 0.335 e. The second-order valence-corrected chi connectivity index (χ2v) is 5.94. The number of anilines is 1. The molecule has 1 aliphatic heterocycles. The third-order valence-corrected chi connectivity index (χ3v) is 4.20. The van der Waals surface area contributed by atoms with E-state index in [4.69, 9.17) is 14.2 Å². The zero-order valence-corrected chi connectivity index (χ0v) is 15.3. The van der Waals surface area contributed by atoms with Crippen molar-refractivity contribution in [1.29, 1.82) is 0 Å². The van der Waals surface area contributed by atoms with Crippen LogP contribution in [0.1, 0.15) is 6.92 Å². The number of esters is 1. The predicted molar refractivity (Wildman–Crippen MR) is 98.4 cm³/mol. The lowest BCUT2D eigenvalue weighted by atomic mass is 10.2. The molecule has 1 heterocycles. The molecule has 1 aromatic rings. The molecule has 26 heavy (non-hydrogen) atoms. The maximum Gasteiger partial charge on any atom is 0.335 e. The van der Waals surface area contributed by atoms with Crippen molar-refractivity contribution in [3.8, 4) is 5.75 Å². The number of methoxy groups -OCH3 is 1. The number of ether oxygens (including phenoxy) is 3. The molecular formula is C19H26N2O5. The summed E-state index contributed by atoms with van der Waals surface area (Å²) in [5, 5.41) is 0. The molecule has 1 fully saturated rings. The zero-order valence-electron chi connectivity index (χ0n) is 15.3. The second-order valence-electron chi connectivity index (χ2n) is 5.94. The van der Waals surface area contributed by atoms with Gasteiger partial charge in [-0.15, -0.1) is 6.58 Å². The fraction of sp³-hybridized carbons (Fsp3) is 0.474.